The van der Waals surface area contributed by atoms with E-state index in [-0.39, 0.29) is 0 Å². The molecule has 2 nitrogen and oxygen atoms in total. The van der Waals surface area contributed by atoms with Crippen LogP contribution in [0.5, 0.6) is 0 Å². The number of nitrogens with zero attached hydrogens (tertiary/aromatic N) is 1. The van der Waals surface area contributed by atoms with Crippen molar-refractivity contribution in [1.82, 2.24) is 0 Å². The molecule has 0 saturated heterocycles. The smallest absolute Gasteiger partial charge is 0.150 e. The maximum absolute atomic E-state index is 11.3. The lowest BCUT2D eigenvalue weighted by Crippen LogP contribution is -2.08. The first kappa shape index (κ1) is 23.1. The summed E-state index contributed by atoms with van der Waals surface area (Å²) < 4.78 is 0. The Labute approximate surface area is 202 Å². The zero-order valence-corrected chi connectivity index (χ0v) is 19.7. The Balaban J connectivity index is 1.83. The SMILES string of the molecule is CC/C(C)=C(/C(=N\Cc1ccccc1-c1cccc(C=O)c1)c1ccccc1)c1ccccc1. The highest BCUT2D eigenvalue weighted by Crippen LogP contribution is 2.29. The quantitative estimate of drug-likeness (QED) is 0.200. The van der Waals surface area contributed by atoms with Crippen molar-refractivity contribution in [2.24, 2.45) is 4.99 Å². The second-order valence-corrected chi connectivity index (χ2v) is 8.31. The number of hydrogen-bond acceptors (Lipinski definition) is 2. The molecule has 0 fully saturated rings. The maximum Gasteiger partial charge on any atom is 0.150 e. The van der Waals surface area contributed by atoms with Crippen molar-refractivity contribution in [3.63, 3.8) is 0 Å². The molecule has 0 bridgehead atoms. The minimum absolute atomic E-state index is 0.541. The molecule has 4 rings (SSSR count). The van der Waals surface area contributed by atoms with E-state index in [2.05, 4.69) is 74.5 Å². The van der Waals surface area contributed by atoms with Crippen LogP contribution < -0.4 is 0 Å². The number of aliphatic imine (C=N–C) groups is 1. The number of carbonyl (C=O) groups is 1. The topological polar surface area (TPSA) is 29.4 Å². The molecular formula is C32H29NO. The van der Waals surface area contributed by atoms with Gasteiger partial charge in [-0.1, -0.05) is 116 Å². The normalized spacial score (nSPS) is 12.2. The minimum atomic E-state index is 0.541. The van der Waals surface area contributed by atoms with Crippen molar-refractivity contribution >= 4 is 17.6 Å². The van der Waals surface area contributed by atoms with E-state index < -0.39 is 0 Å². The predicted molar refractivity (Wildman–Crippen MR) is 143 cm³/mol. The Kier molecular flexibility index (Phi) is 7.62. The highest BCUT2D eigenvalue weighted by Gasteiger charge is 2.15. The van der Waals surface area contributed by atoms with Gasteiger partial charge in [0.2, 0.25) is 0 Å². The molecule has 0 aromatic heterocycles. The van der Waals surface area contributed by atoms with Gasteiger partial charge < -0.3 is 0 Å². The molecule has 0 aliphatic rings. The first-order chi connectivity index (χ1) is 16.7. The van der Waals surface area contributed by atoms with E-state index in [1.807, 2.05) is 48.5 Å². The number of carbonyl (C=O) groups excluding carboxylic acids is 1. The van der Waals surface area contributed by atoms with Gasteiger partial charge in [-0.15, -0.1) is 0 Å². The third-order valence-corrected chi connectivity index (χ3v) is 6.06. The summed E-state index contributed by atoms with van der Waals surface area (Å²) in [7, 11) is 0. The van der Waals surface area contributed by atoms with Crippen molar-refractivity contribution in [1.29, 1.82) is 0 Å². The average Bonchev–Trinajstić information content (AvgIpc) is 2.92. The number of allylic oxidation sites excluding steroid dienone is 2. The molecule has 2 heteroatoms. The molecular weight excluding hydrogens is 414 g/mol. The van der Waals surface area contributed by atoms with E-state index >= 15 is 0 Å². The van der Waals surface area contributed by atoms with Gasteiger partial charge in [0.25, 0.3) is 0 Å². The highest BCUT2D eigenvalue weighted by molar-refractivity contribution is 6.32. The largest absolute Gasteiger partial charge is 0.298 e. The van der Waals surface area contributed by atoms with Crippen LogP contribution in [-0.2, 0) is 6.54 Å². The van der Waals surface area contributed by atoms with Crippen LogP contribution in [0.15, 0.2) is 120 Å². The molecule has 4 aromatic rings. The van der Waals surface area contributed by atoms with Gasteiger partial charge in [-0.05, 0) is 41.7 Å². The van der Waals surface area contributed by atoms with Crippen LogP contribution in [0.1, 0.15) is 47.3 Å². The standard InChI is InChI=1S/C32H29NO/c1-3-24(2)31(26-14-6-4-7-15-26)32(27-16-8-5-9-17-27)33-22-29-18-10-11-20-30(29)28-19-12-13-25(21-28)23-34/h4-21,23H,3,22H2,1-2H3/b31-24+,33-32-. The number of benzene rings is 4. The van der Waals surface area contributed by atoms with E-state index in [0.29, 0.717) is 12.1 Å². The van der Waals surface area contributed by atoms with Crippen LogP contribution in [0, 0.1) is 0 Å². The monoisotopic (exact) mass is 443 g/mol. The van der Waals surface area contributed by atoms with Crippen molar-refractivity contribution in [3.8, 4) is 11.1 Å². The first-order valence-electron chi connectivity index (χ1n) is 11.7. The Morgan fingerprint density at radius 3 is 2.09 bits per heavy atom. The van der Waals surface area contributed by atoms with Gasteiger partial charge >= 0.3 is 0 Å². The predicted octanol–water partition coefficient (Wildman–Crippen LogP) is 8.04. The van der Waals surface area contributed by atoms with Crippen molar-refractivity contribution in [2.75, 3.05) is 0 Å². The summed E-state index contributed by atoms with van der Waals surface area (Å²) in [6, 6.07) is 37.0. The van der Waals surface area contributed by atoms with Gasteiger partial charge in [-0.2, -0.15) is 0 Å². The lowest BCUT2D eigenvalue weighted by molar-refractivity contribution is 0.112. The molecule has 0 saturated carbocycles. The second-order valence-electron chi connectivity index (χ2n) is 8.31. The van der Waals surface area contributed by atoms with Gasteiger partial charge in [0.15, 0.2) is 0 Å². The second kappa shape index (κ2) is 11.2. The summed E-state index contributed by atoms with van der Waals surface area (Å²) in [5, 5.41) is 0. The summed E-state index contributed by atoms with van der Waals surface area (Å²) in [4.78, 5) is 16.5. The molecule has 0 unspecified atom stereocenters. The van der Waals surface area contributed by atoms with Gasteiger partial charge in [0.1, 0.15) is 6.29 Å². The number of aldehydes is 1. The van der Waals surface area contributed by atoms with Crippen LogP contribution in [-0.4, -0.2) is 12.0 Å². The Morgan fingerprint density at radius 2 is 1.41 bits per heavy atom. The molecule has 0 amide bonds. The molecule has 4 aromatic carbocycles. The first-order valence-corrected chi connectivity index (χ1v) is 11.7. The third-order valence-electron chi connectivity index (χ3n) is 6.06. The Hall–Kier alpha value is -4.04. The number of rotatable bonds is 8. The molecule has 0 spiro atoms. The van der Waals surface area contributed by atoms with E-state index in [4.69, 9.17) is 4.99 Å². The van der Waals surface area contributed by atoms with Crippen LogP contribution in [0.3, 0.4) is 0 Å². The molecule has 0 N–H and O–H groups in total. The zero-order valence-electron chi connectivity index (χ0n) is 19.7. The summed E-state index contributed by atoms with van der Waals surface area (Å²) in [6.07, 6.45) is 1.84. The lowest BCUT2D eigenvalue weighted by atomic mass is 9.91. The fourth-order valence-electron chi connectivity index (χ4n) is 4.16. The van der Waals surface area contributed by atoms with Crippen LogP contribution in [0.4, 0.5) is 0 Å². The molecule has 0 aliphatic carbocycles. The lowest BCUT2D eigenvalue weighted by Gasteiger charge is -2.17. The molecule has 0 atom stereocenters. The summed E-state index contributed by atoms with van der Waals surface area (Å²) in [6.45, 7) is 4.93. The molecule has 0 radical (unpaired) electrons. The van der Waals surface area contributed by atoms with Gasteiger partial charge in [-0.3, -0.25) is 9.79 Å². The Bertz CT molecular complexity index is 1320. The molecule has 168 valence electrons. The van der Waals surface area contributed by atoms with E-state index in [1.54, 1.807) is 0 Å². The minimum Gasteiger partial charge on any atom is -0.298 e. The molecule has 34 heavy (non-hydrogen) atoms. The van der Waals surface area contributed by atoms with Crippen LogP contribution >= 0.6 is 0 Å². The van der Waals surface area contributed by atoms with Crippen molar-refractivity contribution in [3.05, 3.63) is 137 Å². The van der Waals surface area contributed by atoms with E-state index in [9.17, 15) is 4.79 Å². The van der Waals surface area contributed by atoms with Crippen molar-refractivity contribution in [2.45, 2.75) is 26.8 Å². The van der Waals surface area contributed by atoms with Gasteiger partial charge in [-0.25, -0.2) is 0 Å². The van der Waals surface area contributed by atoms with Crippen LogP contribution in [0.2, 0.25) is 0 Å². The zero-order chi connectivity index (χ0) is 23.8. The third kappa shape index (κ3) is 5.29. The highest BCUT2D eigenvalue weighted by atomic mass is 16.1. The van der Waals surface area contributed by atoms with E-state index in [1.165, 1.54) is 16.7 Å². The van der Waals surface area contributed by atoms with Gasteiger partial charge in [0.05, 0.1) is 12.3 Å². The number of hydrogen-bond donors (Lipinski definition) is 0. The molecule has 0 heterocycles. The fraction of sp³-hybridized carbons (Fsp3) is 0.125. The fourth-order valence-corrected chi connectivity index (χ4v) is 4.16. The summed E-state index contributed by atoms with van der Waals surface area (Å²) >= 11 is 0. The van der Waals surface area contributed by atoms with E-state index in [0.717, 1.165) is 40.7 Å². The Morgan fingerprint density at radius 1 is 0.765 bits per heavy atom. The van der Waals surface area contributed by atoms with Gasteiger partial charge in [0, 0.05) is 16.7 Å². The summed E-state index contributed by atoms with van der Waals surface area (Å²) in [5.41, 5.74) is 9.71. The summed E-state index contributed by atoms with van der Waals surface area (Å²) in [5.74, 6) is 0. The van der Waals surface area contributed by atoms with Crippen molar-refractivity contribution < 1.29 is 4.79 Å². The molecule has 0 aliphatic heterocycles. The average molecular weight is 444 g/mol. The van der Waals surface area contributed by atoms with Crippen LogP contribution in [0.25, 0.3) is 16.7 Å². The maximum atomic E-state index is 11.3.